The molecule has 3 amide bonds. The first-order valence-corrected chi connectivity index (χ1v) is 10.4. The first-order valence-electron chi connectivity index (χ1n) is 9.98. The van der Waals surface area contributed by atoms with Crippen molar-refractivity contribution in [2.24, 2.45) is 0 Å². The maximum absolute atomic E-state index is 14.1. The molecular formula is C23H16ClF3N4O2. The normalized spacial score (nSPS) is 16.4. The number of anilines is 3. The summed E-state index contributed by atoms with van der Waals surface area (Å²) in [4.78, 5) is 27.2. The third-order valence-electron chi connectivity index (χ3n) is 5.78. The van der Waals surface area contributed by atoms with Crippen molar-refractivity contribution >= 4 is 40.6 Å². The van der Waals surface area contributed by atoms with Crippen molar-refractivity contribution in [1.82, 2.24) is 5.32 Å². The van der Waals surface area contributed by atoms with Crippen LogP contribution in [0.4, 0.5) is 35.0 Å². The van der Waals surface area contributed by atoms with E-state index in [1.165, 1.54) is 29.2 Å². The van der Waals surface area contributed by atoms with Gasteiger partial charge in [-0.05, 0) is 42.8 Å². The van der Waals surface area contributed by atoms with Crippen LogP contribution in [0.3, 0.4) is 0 Å². The minimum atomic E-state index is -0.905. The number of benzene rings is 3. The minimum absolute atomic E-state index is 0.207. The van der Waals surface area contributed by atoms with E-state index < -0.39 is 35.4 Å². The molecule has 2 aliphatic rings. The van der Waals surface area contributed by atoms with Gasteiger partial charge in [0.2, 0.25) is 0 Å². The van der Waals surface area contributed by atoms with E-state index in [2.05, 4.69) is 10.6 Å². The highest BCUT2D eigenvalue weighted by atomic mass is 35.5. The Balaban J connectivity index is 1.68. The molecule has 0 saturated carbocycles. The fraction of sp³-hybridized carbons (Fsp3) is 0.130. The van der Waals surface area contributed by atoms with Crippen LogP contribution >= 0.6 is 11.6 Å². The predicted molar refractivity (Wildman–Crippen MR) is 118 cm³/mol. The molecule has 0 spiro atoms. The van der Waals surface area contributed by atoms with Crippen molar-refractivity contribution in [3.63, 3.8) is 0 Å². The Labute approximate surface area is 191 Å². The van der Waals surface area contributed by atoms with Crippen LogP contribution in [0.25, 0.3) is 0 Å². The van der Waals surface area contributed by atoms with E-state index in [0.717, 1.165) is 12.1 Å². The molecule has 0 saturated heterocycles. The highest BCUT2D eigenvalue weighted by molar-refractivity contribution is 6.31. The summed E-state index contributed by atoms with van der Waals surface area (Å²) in [5.41, 5.74) is 8.48. The van der Waals surface area contributed by atoms with Crippen LogP contribution in [0.2, 0.25) is 5.02 Å². The number of nitrogens with one attached hydrogen (secondary N) is 2. The van der Waals surface area contributed by atoms with E-state index >= 15 is 0 Å². The highest BCUT2D eigenvalue weighted by Gasteiger charge is 2.40. The zero-order valence-corrected chi connectivity index (χ0v) is 17.6. The Hall–Kier alpha value is -3.72. The first kappa shape index (κ1) is 21.1. The smallest absolute Gasteiger partial charge is 0.322 e. The van der Waals surface area contributed by atoms with Gasteiger partial charge in [-0.15, -0.1) is 0 Å². The van der Waals surface area contributed by atoms with Crippen LogP contribution in [0.15, 0.2) is 42.5 Å². The second kappa shape index (κ2) is 7.70. The lowest BCUT2D eigenvalue weighted by molar-refractivity contribution is 0.102. The minimum Gasteiger partial charge on any atom is -0.398 e. The molecule has 6 nitrogen and oxygen atoms in total. The van der Waals surface area contributed by atoms with Crippen molar-refractivity contribution in [3.05, 3.63) is 87.2 Å². The lowest BCUT2D eigenvalue weighted by atomic mass is 9.91. The van der Waals surface area contributed by atoms with Gasteiger partial charge in [0.15, 0.2) is 0 Å². The number of nitrogen functional groups attached to an aromatic ring is 1. The SMILES string of the molecule is Nc1cc(NC(=O)c2cc(F)cc(F)c2)c2c3c1CCN3C(=O)NC2c1cc(F)ccc1Cl. The number of carbonyl (C=O) groups is 2. The van der Waals surface area contributed by atoms with Crippen molar-refractivity contribution < 1.29 is 22.8 Å². The molecule has 1 unspecified atom stereocenters. The zero-order chi connectivity index (χ0) is 23.4. The number of nitrogens with zero attached hydrogens (tertiary/aromatic N) is 1. The Morgan fingerprint density at radius 1 is 1.09 bits per heavy atom. The van der Waals surface area contributed by atoms with Gasteiger partial charge in [0.1, 0.15) is 17.5 Å². The van der Waals surface area contributed by atoms with E-state index in [4.69, 9.17) is 17.3 Å². The first-order chi connectivity index (χ1) is 15.7. The molecule has 0 radical (unpaired) electrons. The third-order valence-corrected chi connectivity index (χ3v) is 6.12. The molecule has 5 rings (SSSR count). The van der Waals surface area contributed by atoms with Crippen LogP contribution in [0, 0.1) is 17.5 Å². The van der Waals surface area contributed by atoms with Crippen molar-refractivity contribution in [3.8, 4) is 0 Å². The fourth-order valence-electron chi connectivity index (χ4n) is 4.37. The van der Waals surface area contributed by atoms with E-state index in [9.17, 15) is 22.8 Å². The maximum atomic E-state index is 14.1. The molecule has 33 heavy (non-hydrogen) atoms. The van der Waals surface area contributed by atoms with Gasteiger partial charge in [-0.3, -0.25) is 9.69 Å². The average Bonchev–Trinajstić information content (AvgIpc) is 3.20. The molecule has 168 valence electrons. The number of urea groups is 1. The largest absolute Gasteiger partial charge is 0.398 e. The predicted octanol–water partition coefficient (Wildman–Crippen LogP) is 4.77. The van der Waals surface area contributed by atoms with Gasteiger partial charge < -0.3 is 16.4 Å². The van der Waals surface area contributed by atoms with Gasteiger partial charge >= 0.3 is 6.03 Å². The molecule has 10 heteroatoms. The average molecular weight is 473 g/mol. The van der Waals surface area contributed by atoms with Crippen molar-refractivity contribution in [1.29, 1.82) is 0 Å². The van der Waals surface area contributed by atoms with E-state index in [1.54, 1.807) is 0 Å². The van der Waals surface area contributed by atoms with Crippen LogP contribution in [-0.2, 0) is 6.42 Å². The lowest BCUT2D eigenvalue weighted by Crippen LogP contribution is -2.46. The summed E-state index contributed by atoms with van der Waals surface area (Å²) in [5, 5.41) is 5.66. The lowest BCUT2D eigenvalue weighted by Gasteiger charge is -2.35. The number of halogens is 4. The van der Waals surface area contributed by atoms with Gasteiger partial charge in [0.25, 0.3) is 5.91 Å². The zero-order valence-electron chi connectivity index (χ0n) is 16.9. The number of amides is 3. The molecule has 2 heterocycles. The molecule has 2 aliphatic heterocycles. The Morgan fingerprint density at radius 3 is 2.55 bits per heavy atom. The topological polar surface area (TPSA) is 87.5 Å². The number of hydrogen-bond acceptors (Lipinski definition) is 3. The van der Waals surface area contributed by atoms with Crippen LogP contribution in [-0.4, -0.2) is 18.5 Å². The summed E-state index contributed by atoms with van der Waals surface area (Å²) < 4.78 is 41.4. The summed E-state index contributed by atoms with van der Waals surface area (Å²) >= 11 is 6.33. The summed E-state index contributed by atoms with van der Waals surface area (Å²) in [5.74, 6) is -3.15. The molecule has 4 N–H and O–H groups in total. The van der Waals surface area contributed by atoms with Crippen molar-refractivity contribution in [2.75, 3.05) is 22.5 Å². The fourth-order valence-corrected chi connectivity index (χ4v) is 4.60. The summed E-state index contributed by atoms with van der Waals surface area (Å²) in [6.07, 6.45) is 0.495. The molecule has 0 aromatic heterocycles. The second-order valence-corrected chi connectivity index (χ2v) is 8.22. The molecule has 0 fully saturated rings. The third kappa shape index (κ3) is 3.54. The van der Waals surface area contributed by atoms with Crippen LogP contribution < -0.4 is 21.3 Å². The standard InChI is InChI=1S/C23H16ClF3N4O2/c24-16-2-1-11(25)8-15(16)20-19-18(29-22(32)10-5-12(26)7-13(27)6-10)9-17(28)14-3-4-31(21(14)19)23(33)30-20/h1-2,5-9,20H,3-4,28H2,(H,29,32)(H,30,33). The van der Waals surface area contributed by atoms with Crippen molar-refractivity contribution in [2.45, 2.75) is 12.5 Å². The summed E-state index contributed by atoms with van der Waals surface area (Å²) in [6, 6.07) is 6.42. The second-order valence-electron chi connectivity index (χ2n) is 7.82. The number of nitrogens with two attached hydrogens (primary N) is 1. The summed E-state index contributed by atoms with van der Waals surface area (Å²) in [7, 11) is 0. The monoisotopic (exact) mass is 472 g/mol. The number of carbonyl (C=O) groups excluding carboxylic acids is 2. The molecule has 0 bridgehead atoms. The maximum Gasteiger partial charge on any atom is 0.322 e. The van der Waals surface area contributed by atoms with E-state index in [0.29, 0.717) is 41.5 Å². The van der Waals surface area contributed by atoms with Gasteiger partial charge in [-0.1, -0.05) is 11.6 Å². The highest BCUT2D eigenvalue weighted by Crippen LogP contribution is 2.48. The van der Waals surface area contributed by atoms with Gasteiger partial charge in [0.05, 0.1) is 17.4 Å². The molecular weight excluding hydrogens is 457 g/mol. The van der Waals surface area contributed by atoms with Gasteiger partial charge in [0, 0.05) is 45.6 Å². The molecule has 3 aromatic rings. The van der Waals surface area contributed by atoms with Gasteiger partial charge in [-0.25, -0.2) is 18.0 Å². The Kier molecular flexibility index (Phi) is 4.93. The van der Waals surface area contributed by atoms with E-state index in [-0.39, 0.29) is 21.8 Å². The van der Waals surface area contributed by atoms with Crippen LogP contribution in [0.1, 0.15) is 33.1 Å². The number of hydrogen-bond donors (Lipinski definition) is 3. The van der Waals surface area contributed by atoms with E-state index in [1.807, 2.05) is 0 Å². The Morgan fingerprint density at radius 2 is 1.82 bits per heavy atom. The number of rotatable bonds is 3. The Bertz CT molecular complexity index is 1330. The molecule has 3 aromatic carbocycles. The quantitative estimate of drug-likeness (QED) is 0.480. The summed E-state index contributed by atoms with van der Waals surface area (Å²) in [6.45, 7) is 0.370. The van der Waals surface area contributed by atoms with Gasteiger partial charge in [-0.2, -0.15) is 0 Å². The van der Waals surface area contributed by atoms with Crippen LogP contribution in [0.5, 0.6) is 0 Å². The molecule has 1 atom stereocenters. The molecule has 0 aliphatic carbocycles.